The average molecular weight is 443 g/mol. The second-order valence-electron chi connectivity index (χ2n) is 11.2. The van der Waals surface area contributed by atoms with E-state index in [-0.39, 0.29) is 35.1 Å². The number of carbonyl (C=O) groups is 1. The lowest BCUT2D eigenvalue weighted by Crippen LogP contribution is -2.57. The van der Waals surface area contributed by atoms with Crippen molar-refractivity contribution in [2.24, 2.45) is 23.2 Å². The number of benzene rings is 1. The largest absolute Gasteiger partial charge is 0.389 e. The number of unbranched alkanes of at least 4 members (excludes halogenated alkanes) is 1. The van der Waals surface area contributed by atoms with E-state index in [1.54, 1.807) is 7.11 Å². The van der Waals surface area contributed by atoms with Crippen LogP contribution in [0, 0.1) is 23.2 Å². The summed E-state index contributed by atoms with van der Waals surface area (Å²) in [7, 11) is 1.68. The molecule has 0 heterocycles. The molecule has 3 heteroatoms. The monoisotopic (exact) mass is 442 g/mol. The summed E-state index contributed by atoms with van der Waals surface area (Å²) < 4.78 is 5.98. The van der Waals surface area contributed by atoms with Crippen LogP contribution in [0.5, 0.6) is 0 Å². The van der Waals surface area contributed by atoms with Gasteiger partial charge in [-0.3, -0.25) is 4.79 Å². The van der Waals surface area contributed by atoms with E-state index in [4.69, 9.17) is 4.74 Å². The zero-order chi connectivity index (χ0) is 24.1. The quantitative estimate of drug-likeness (QED) is 0.431. The van der Waals surface area contributed by atoms with Crippen molar-refractivity contribution in [1.29, 1.82) is 0 Å². The predicted octanol–water partition coefficient (Wildman–Crippen LogP) is 6.73. The third-order valence-corrected chi connectivity index (χ3v) is 7.09. The fourth-order valence-electron chi connectivity index (χ4n) is 5.44. The lowest BCUT2D eigenvalue weighted by molar-refractivity contribution is -0.163. The van der Waals surface area contributed by atoms with Crippen molar-refractivity contribution in [2.45, 2.75) is 98.2 Å². The third-order valence-electron chi connectivity index (χ3n) is 7.09. The number of hydrogen-bond acceptors (Lipinski definition) is 3. The molecule has 1 saturated carbocycles. The van der Waals surface area contributed by atoms with E-state index >= 15 is 0 Å². The van der Waals surface area contributed by atoms with Crippen molar-refractivity contribution in [1.82, 2.24) is 0 Å². The Morgan fingerprint density at radius 2 is 2.00 bits per heavy atom. The van der Waals surface area contributed by atoms with E-state index in [0.29, 0.717) is 6.42 Å². The van der Waals surface area contributed by atoms with Crippen LogP contribution < -0.4 is 0 Å². The number of aryl methyl sites for hydroxylation is 1. The van der Waals surface area contributed by atoms with Gasteiger partial charge in [-0.1, -0.05) is 84.4 Å². The number of aliphatic hydroxyl groups is 1. The molecule has 0 saturated heterocycles. The second kappa shape index (κ2) is 11.1. The number of methoxy groups -OCH3 is 1. The highest BCUT2D eigenvalue weighted by Gasteiger charge is 2.52. The van der Waals surface area contributed by atoms with Crippen LogP contribution in [0.4, 0.5) is 0 Å². The lowest BCUT2D eigenvalue weighted by atomic mass is 9.61. The Kier molecular flexibility index (Phi) is 9.31. The molecular weight excluding hydrogens is 396 g/mol. The molecule has 0 spiro atoms. The molecule has 0 radical (unpaired) electrons. The highest BCUT2D eigenvalue weighted by atomic mass is 16.5. The van der Waals surface area contributed by atoms with Gasteiger partial charge in [-0.15, -0.1) is 0 Å². The van der Waals surface area contributed by atoms with Gasteiger partial charge in [-0.05, 0) is 55.1 Å². The Labute approximate surface area is 196 Å². The van der Waals surface area contributed by atoms with Crippen molar-refractivity contribution >= 4 is 5.78 Å². The summed E-state index contributed by atoms with van der Waals surface area (Å²) in [5.74, 6) is -0.344. The fourth-order valence-corrected chi connectivity index (χ4v) is 5.44. The summed E-state index contributed by atoms with van der Waals surface area (Å²) in [5, 5.41) is 11.5. The van der Waals surface area contributed by atoms with Gasteiger partial charge in [0.1, 0.15) is 5.78 Å². The molecule has 0 bridgehead atoms. The van der Waals surface area contributed by atoms with E-state index < -0.39 is 11.5 Å². The molecule has 0 amide bonds. The van der Waals surface area contributed by atoms with Gasteiger partial charge < -0.3 is 9.84 Å². The van der Waals surface area contributed by atoms with E-state index in [2.05, 4.69) is 78.0 Å². The maximum Gasteiger partial charge on any atom is 0.148 e. The minimum atomic E-state index is -1.09. The first-order chi connectivity index (χ1) is 14.9. The molecule has 0 aromatic heterocycles. The molecule has 3 nitrogen and oxygen atoms in total. The normalized spacial score (nSPS) is 29.9. The highest BCUT2D eigenvalue weighted by molar-refractivity contribution is 5.89. The fraction of sp³-hybridized carbons (Fsp3) is 0.690. The second-order valence-corrected chi connectivity index (χ2v) is 11.2. The summed E-state index contributed by atoms with van der Waals surface area (Å²) >= 11 is 0. The summed E-state index contributed by atoms with van der Waals surface area (Å²) in [6.45, 7) is 14.8. The number of ketones is 1. The first-order valence-corrected chi connectivity index (χ1v) is 12.5. The molecular formula is C29H46O3. The molecule has 1 aromatic rings. The summed E-state index contributed by atoms with van der Waals surface area (Å²) in [5.41, 5.74) is 1.32. The number of ether oxygens (including phenoxy) is 1. The number of Topliss-reactive ketones (excluding diaryl/α,β-unsaturated/α-hetero) is 1. The molecule has 180 valence electrons. The SMILES string of the molecule is CCCCc1cccc(C(CC)C(=O)C2C(OC)C(/C=C\C(C)(C)C)C(C)CC2(C)O)c1. The van der Waals surface area contributed by atoms with Crippen LogP contribution in [0.25, 0.3) is 0 Å². The third kappa shape index (κ3) is 6.54. The first-order valence-electron chi connectivity index (χ1n) is 12.5. The van der Waals surface area contributed by atoms with Crippen LogP contribution in [-0.4, -0.2) is 29.7 Å². The summed E-state index contributed by atoms with van der Waals surface area (Å²) in [4.78, 5) is 14.0. The van der Waals surface area contributed by atoms with Crippen LogP contribution in [0.1, 0.15) is 91.2 Å². The van der Waals surface area contributed by atoms with Crippen molar-refractivity contribution in [3.8, 4) is 0 Å². The van der Waals surface area contributed by atoms with Crippen molar-refractivity contribution in [3.05, 3.63) is 47.5 Å². The Balaban J connectivity index is 2.41. The maximum absolute atomic E-state index is 14.0. The van der Waals surface area contributed by atoms with Crippen molar-refractivity contribution < 1.29 is 14.6 Å². The minimum Gasteiger partial charge on any atom is -0.389 e. The number of hydrogen-bond donors (Lipinski definition) is 1. The first kappa shape index (κ1) is 26.8. The molecule has 2 rings (SSSR count). The van der Waals surface area contributed by atoms with Gasteiger partial charge in [0.15, 0.2) is 0 Å². The van der Waals surface area contributed by atoms with Crippen LogP contribution in [0.15, 0.2) is 36.4 Å². The zero-order valence-corrected chi connectivity index (χ0v) is 21.7. The van der Waals surface area contributed by atoms with Gasteiger partial charge in [-0.25, -0.2) is 0 Å². The predicted molar refractivity (Wildman–Crippen MR) is 134 cm³/mol. The van der Waals surface area contributed by atoms with E-state index in [1.807, 2.05) is 6.92 Å². The van der Waals surface area contributed by atoms with Gasteiger partial charge in [0.05, 0.1) is 17.6 Å². The Morgan fingerprint density at radius 3 is 2.56 bits per heavy atom. The van der Waals surface area contributed by atoms with Crippen LogP contribution in [-0.2, 0) is 16.0 Å². The topological polar surface area (TPSA) is 46.5 Å². The standard InChI is InChI=1S/C29H46O3/c1-9-11-13-21-14-12-15-22(18-21)23(10-2)26(30)25-27(32-8)24(16-17-28(4,5)6)20(3)19-29(25,7)31/h12,14-18,20,23-25,27,31H,9-11,13,19H2,1-8H3/b17-16-. The minimum absolute atomic E-state index is 0.0579. The van der Waals surface area contributed by atoms with E-state index in [1.165, 1.54) is 5.56 Å². The Morgan fingerprint density at radius 1 is 1.31 bits per heavy atom. The maximum atomic E-state index is 14.0. The van der Waals surface area contributed by atoms with E-state index in [0.717, 1.165) is 31.2 Å². The van der Waals surface area contributed by atoms with Crippen molar-refractivity contribution in [2.75, 3.05) is 7.11 Å². The number of allylic oxidation sites excluding steroid dienone is 1. The van der Waals surface area contributed by atoms with Crippen LogP contribution in [0.2, 0.25) is 0 Å². The number of rotatable bonds is 9. The molecule has 6 atom stereocenters. The zero-order valence-electron chi connectivity index (χ0n) is 21.7. The van der Waals surface area contributed by atoms with E-state index in [9.17, 15) is 9.90 Å². The molecule has 1 aliphatic carbocycles. The molecule has 0 aliphatic heterocycles. The average Bonchev–Trinajstić information content (AvgIpc) is 2.70. The lowest BCUT2D eigenvalue weighted by Gasteiger charge is -2.48. The molecule has 1 fully saturated rings. The summed E-state index contributed by atoms with van der Waals surface area (Å²) in [6, 6.07) is 8.49. The van der Waals surface area contributed by atoms with Gasteiger partial charge in [0, 0.05) is 18.9 Å². The Hall–Kier alpha value is -1.45. The highest BCUT2D eigenvalue weighted by Crippen LogP contribution is 2.45. The molecule has 1 N–H and O–H groups in total. The molecule has 1 aliphatic rings. The van der Waals surface area contributed by atoms with Crippen LogP contribution in [0.3, 0.4) is 0 Å². The van der Waals surface area contributed by atoms with Crippen molar-refractivity contribution in [3.63, 3.8) is 0 Å². The van der Waals surface area contributed by atoms with Gasteiger partial charge in [-0.2, -0.15) is 0 Å². The van der Waals surface area contributed by atoms with Gasteiger partial charge in [0.2, 0.25) is 0 Å². The Bertz CT molecular complexity index is 771. The molecule has 1 aromatic carbocycles. The molecule has 6 unspecified atom stereocenters. The van der Waals surface area contributed by atoms with Crippen LogP contribution >= 0.6 is 0 Å². The summed E-state index contributed by atoms with van der Waals surface area (Å²) in [6.07, 6.45) is 8.76. The van der Waals surface area contributed by atoms with Gasteiger partial charge in [0.25, 0.3) is 0 Å². The molecule has 32 heavy (non-hydrogen) atoms. The smallest absolute Gasteiger partial charge is 0.148 e. The number of carbonyl (C=O) groups excluding carboxylic acids is 1. The van der Waals surface area contributed by atoms with Gasteiger partial charge >= 0.3 is 0 Å².